The third-order valence-electron chi connectivity index (χ3n) is 8.09. The number of ether oxygens (including phenoxy) is 1. The fraction of sp³-hybridized carbons (Fsp3) is 0.486. The number of esters is 1. The first-order valence-electron chi connectivity index (χ1n) is 16.0. The third-order valence-corrected chi connectivity index (χ3v) is 12.8. The summed E-state index contributed by atoms with van der Waals surface area (Å²) >= 11 is 5.66. The van der Waals surface area contributed by atoms with Crippen molar-refractivity contribution in [2.45, 2.75) is 115 Å². The van der Waals surface area contributed by atoms with Crippen molar-refractivity contribution >= 4 is 41.3 Å². The topological polar surface area (TPSA) is 26.3 Å². The molecule has 42 heavy (non-hydrogen) atoms. The minimum absolute atomic E-state index is 0.0477. The fourth-order valence-electron chi connectivity index (χ4n) is 5.81. The second kappa shape index (κ2) is 18.1. The summed E-state index contributed by atoms with van der Waals surface area (Å²) in [6.45, 7) is 4.37. The molecule has 0 N–H and O–H groups in total. The van der Waals surface area contributed by atoms with E-state index in [-0.39, 0.29) is 23.9 Å². The van der Waals surface area contributed by atoms with Crippen molar-refractivity contribution < 1.29 is 9.53 Å². The van der Waals surface area contributed by atoms with Gasteiger partial charge in [-0.25, -0.2) is 0 Å². The summed E-state index contributed by atoms with van der Waals surface area (Å²) in [5.74, 6) is -0.173. The third kappa shape index (κ3) is 10.1. The minimum Gasteiger partial charge on any atom is -0.462 e. The second-order valence-corrected chi connectivity index (χ2v) is 16.2. The zero-order chi connectivity index (χ0) is 29.5. The van der Waals surface area contributed by atoms with Crippen LogP contribution in [-0.4, -0.2) is 15.5 Å². The molecule has 3 aromatic carbocycles. The molecule has 1 aliphatic heterocycles. The summed E-state index contributed by atoms with van der Waals surface area (Å²) in [6, 6.07) is 32.0. The molecule has 0 amide bonds. The van der Waals surface area contributed by atoms with Crippen LogP contribution in [0.25, 0.3) is 0 Å². The SMILES string of the molecule is CCCCCCCCCCCCC[C@H]1OC(=O)[C@@H](C)[C@@H]1C(Sc1ccccc1)(Sc1ccccc1)Sc1ccccc1. The maximum absolute atomic E-state index is 13.3. The number of cyclic esters (lactones) is 1. The monoisotopic (exact) mass is 620 g/mol. The van der Waals surface area contributed by atoms with Crippen LogP contribution in [0.4, 0.5) is 0 Å². The van der Waals surface area contributed by atoms with Crippen LogP contribution in [0.3, 0.4) is 0 Å². The molecule has 0 radical (unpaired) electrons. The Morgan fingerprint density at radius 2 is 0.976 bits per heavy atom. The Labute approximate surface area is 267 Å². The first-order valence-corrected chi connectivity index (χ1v) is 18.5. The van der Waals surface area contributed by atoms with E-state index in [0.29, 0.717) is 0 Å². The standard InChI is InChI=1S/C37H48O2S3/c1-3-4-5-6-7-8-9-10-11-12-22-29-34-35(30(2)36(38)39-34)37(40-31-23-16-13-17-24-31,41-32-25-18-14-19-26-32)42-33-27-20-15-21-28-33/h13-21,23-28,30,34-35H,3-12,22,29H2,1-2H3/t30-,34+,35-/m0/s1. The molecule has 1 heterocycles. The predicted octanol–water partition coefficient (Wildman–Crippen LogP) is 11.9. The molecule has 0 aliphatic carbocycles. The van der Waals surface area contributed by atoms with Gasteiger partial charge in [-0.15, -0.1) is 0 Å². The Morgan fingerprint density at radius 1 is 0.595 bits per heavy atom. The van der Waals surface area contributed by atoms with Crippen LogP contribution in [0, 0.1) is 11.8 Å². The zero-order valence-corrected chi connectivity index (χ0v) is 27.9. The first-order chi connectivity index (χ1) is 20.6. The van der Waals surface area contributed by atoms with Crippen LogP contribution in [0.5, 0.6) is 0 Å². The summed E-state index contributed by atoms with van der Waals surface area (Å²) < 4.78 is 5.83. The normalized spacial score (nSPS) is 18.7. The van der Waals surface area contributed by atoms with E-state index in [2.05, 4.69) is 105 Å². The van der Waals surface area contributed by atoms with Crippen molar-refractivity contribution in [2.75, 3.05) is 0 Å². The number of rotatable bonds is 19. The summed E-state index contributed by atoms with van der Waals surface area (Å²) in [5.41, 5.74) is 0. The summed E-state index contributed by atoms with van der Waals surface area (Å²) in [6.07, 6.45) is 15.3. The van der Waals surface area contributed by atoms with Gasteiger partial charge >= 0.3 is 5.97 Å². The molecular weight excluding hydrogens is 573 g/mol. The molecule has 4 rings (SSSR count). The Kier molecular flexibility index (Phi) is 14.3. The van der Waals surface area contributed by atoms with Gasteiger partial charge in [0.1, 0.15) is 9.52 Å². The molecule has 0 saturated carbocycles. The fourth-order valence-corrected chi connectivity index (χ4v) is 11.4. The largest absolute Gasteiger partial charge is 0.462 e. The number of carbonyl (C=O) groups is 1. The Balaban J connectivity index is 1.50. The van der Waals surface area contributed by atoms with Crippen molar-refractivity contribution in [1.29, 1.82) is 0 Å². The van der Waals surface area contributed by atoms with E-state index in [1.54, 1.807) is 0 Å². The Morgan fingerprint density at radius 3 is 1.38 bits per heavy atom. The first kappa shape index (κ1) is 33.1. The van der Waals surface area contributed by atoms with Crippen molar-refractivity contribution in [3.63, 3.8) is 0 Å². The molecule has 3 atom stereocenters. The van der Waals surface area contributed by atoms with E-state index in [1.165, 1.54) is 78.9 Å². The van der Waals surface area contributed by atoms with E-state index in [9.17, 15) is 4.79 Å². The van der Waals surface area contributed by atoms with Gasteiger partial charge in [0.2, 0.25) is 0 Å². The molecule has 0 bridgehead atoms. The number of carbonyl (C=O) groups excluding carboxylic acids is 1. The molecule has 0 aromatic heterocycles. The van der Waals surface area contributed by atoms with Crippen molar-refractivity contribution in [1.82, 2.24) is 0 Å². The molecule has 0 spiro atoms. The highest BCUT2D eigenvalue weighted by molar-refractivity contribution is 8.33. The van der Waals surface area contributed by atoms with Crippen LogP contribution in [0.15, 0.2) is 106 Å². The highest BCUT2D eigenvalue weighted by Crippen LogP contribution is 2.63. The highest BCUT2D eigenvalue weighted by Gasteiger charge is 2.55. The van der Waals surface area contributed by atoms with E-state index < -0.39 is 3.41 Å². The molecule has 1 saturated heterocycles. The Bertz CT molecular complexity index is 1050. The van der Waals surface area contributed by atoms with E-state index in [4.69, 9.17) is 4.74 Å². The van der Waals surface area contributed by atoms with Gasteiger partial charge < -0.3 is 4.74 Å². The molecule has 3 aromatic rings. The van der Waals surface area contributed by atoms with Gasteiger partial charge in [0.25, 0.3) is 0 Å². The lowest BCUT2D eigenvalue weighted by Gasteiger charge is -2.40. The number of benzene rings is 3. The molecule has 0 unspecified atom stereocenters. The number of thioether (sulfide) groups is 3. The van der Waals surface area contributed by atoms with E-state index in [0.717, 1.165) is 12.8 Å². The van der Waals surface area contributed by atoms with Gasteiger partial charge in [-0.2, -0.15) is 0 Å². The smallest absolute Gasteiger partial charge is 0.309 e. The van der Waals surface area contributed by atoms with Crippen molar-refractivity contribution in [2.24, 2.45) is 11.8 Å². The molecule has 1 fully saturated rings. The molecular formula is C37H48O2S3. The molecule has 1 aliphatic rings. The van der Waals surface area contributed by atoms with Crippen LogP contribution in [-0.2, 0) is 9.53 Å². The van der Waals surface area contributed by atoms with Crippen LogP contribution >= 0.6 is 35.3 Å². The number of hydrogen-bond acceptors (Lipinski definition) is 5. The molecule has 5 heteroatoms. The number of unbranched alkanes of at least 4 members (excludes halogenated alkanes) is 10. The van der Waals surface area contributed by atoms with Gasteiger partial charge in [-0.3, -0.25) is 4.79 Å². The maximum atomic E-state index is 13.3. The van der Waals surface area contributed by atoms with Crippen molar-refractivity contribution in [3.8, 4) is 0 Å². The van der Waals surface area contributed by atoms with Gasteiger partial charge in [-0.1, -0.05) is 168 Å². The minimum atomic E-state index is -0.391. The summed E-state index contributed by atoms with van der Waals surface area (Å²) in [4.78, 5) is 16.9. The Hall–Kier alpha value is -1.82. The van der Waals surface area contributed by atoms with Crippen LogP contribution in [0.2, 0.25) is 0 Å². The lowest BCUT2D eigenvalue weighted by molar-refractivity contribution is -0.144. The number of hydrogen-bond donors (Lipinski definition) is 0. The lowest BCUT2D eigenvalue weighted by atomic mass is 9.90. The highest BCUT2D eigenvalue weighted by atomic mass is 32.3. The van der Waals surface area contributed by atoms with E-state index >= 15 is 0 Å². The van der Waals surface area contributed by atoms with Crippen LogP contribution in [0.1, 0.15) is 90.9 Å². The van der Waals surface area contributed by atoms with Gasteiger partial charge in [-0.05, 0) is 49.2 Å². The summed E-state index contributed by atoms with van der Waals surface area (Å²) in [5, 5.41) is 0. The van der Waals surface area contributed by atoms with Gasteiger partial charge in [0.05, 0.1) is 5.92 Å². The predicted molar refractivity (Wildman–Crippen MR) is 183 cm³/mol. The zero-order valence-electron chi connectivity index (χ0n) is 25.4. The second-order valence-electron chi connectivity index (χ2n) is 11.5. The molecule has 2 nitrogen and oxygen atoms in total. The van der Waals surface area contributed by atoms with Gasteiger partial charge in [0.15, 0.2) is 0 Å². The average Bonchev–Trinajstić information content (AvgIpc) is 3.30. The lowest BCUT2D eigenvalue weighted by Crippen LogP contribution is -2.37. The van der Waals surface area contributed by atoms with E-state index in [1.807, 2.05) is 35.3 Å². The quantitative estimate of drug-likeness (QED) is 0.0575. The van der Waals surface area contributed by atoms with Gasteiger partial charge in [0, 0.05) is 20.6 Å². The maximum Gasteiger partial charge on any atom is 0.309 e. The van der Waals surface area contributed by atoms with Crippen molar-refractivity contribution in [3.05, 3.63) is 91.0 Å². The van der Waals surface area contributed by atoms with Crippen LogP contribution < -0.4 is 0 Å². The summed E-state index contributed by atoms with van der Waals surface area (Å²) in [7, 11) is 0. The average molecular weight is 621 g/mol. The molecule has 226 valence electrons.